The molecule has 1 aliphatic heterocycles. The number of aromatic amines is 2. The van der Waals surface area contributed by atoms with Gasteiger partial charge in [-0.25, -0.2) is 14.4 Å². The maximum absolute atomic E-state index is 14.6. The van der Waals surface area contributed by atoms with E-state index < -0.39 is 0 Å². The molecule has 11 nitrogen and oxygen atoms in total. The fourth-order valence-corrected chi connectivity index (χ4v) is 5.10. The molecule has 1 aliphatic rings. The summed E-state index contributed by atoms with van der Waals surface area (Å²) in [4.78, 5) is 26.2. The molecule has 0 amide bonds. The molecule has 4 N–H and O–H groups in total. The predicted octanol–water partition coefficient (Wildman–Crippen LogP) is 3.85. The van der Waals surface area contributed by atoms with Crippen LogP contribution < -0.4 is 15.4 Å². The molecule has 0 atom stereocenters. The van der Waals surface area contributed by atoms with Crippen LogP contribution in [-0.2, 0) is 0 Å². The zero-order chi connectivity index (χ0) is 28.8. The molecule has 0 saturated carbocycles. The van der Waals surface area contributed by atoms with Crippen molar-refractivity contribution in [2.45, 2.75) is 6.04 Å². The van der Waals surface area contributed by atoms with Gasteiger partial charge < -0.3 is 25.3 Å². The van der Waals surface area contributed by atoms with Crippen LogP contribution in [0.5, 0.6) is 5.75 Å². The molecule has 5 aromatic heterocycles. The Morgan fingerprint density at radius 3 is 2.74 bits per heavy atom. The summed E-state index contributed by atoms with van der Waals surface area (Å²) in [5.41, 5.74) is 12.3. The van der Waals surface area contributed by atoms with E-state index in [1.54, 1.807) is 18.6 Å². The number of hydrogen-bond acceptors (Lipinski definition) is 9. The van der Waals surface area contributed by atoms with E-state index in [1.807, 2.05) is 49.3 Å². The molecule has 6 aromatic rings. The molecule has 7 rings (SSSR count). The normalized spacial score (nSPS) is 13.8. The van der Waals surface area contributed by atoms with Crippen LogP contribution in [-0.4, -0.2) is 86.4 Å². The minimum atomic E-state index is -0.388. The molecule has 0 unspecified atom stereocenters. The zero-order valence-corrected chi connectivity index (χ0v) is 23.2. The number of H-pyrrole nitrogens is 2. The van der Waals surface area contributed by atoms with Crippen LogP contribution in [0.15, 0.2) is 61.1 Å². The number of nitrogens with one attached hydrogen (secondary N) is 2. The third kappa shape index (κ3) is 4.91. The van der Waals surface area contributed by atoms with E-state index >= 15 is 0 Å². The summed E-state index contributed by atoms with van der Waals surface area (Å²) in [5.74, 6) is 0.851. The first kappa shape index (κ1) is 26.0. The number of halogens is 1. The highest BCUT2D eigenvalue weighted by molar-refractivity contribution is 5.99. The van der Waals surface area contributed by atoms with E-state index in [4.69, 9.17) is 20.4 Å². The minimum absolute atomic E-state index is 0.162. The molecule has 1 saturated heterocycles. The maximum atomic E-state index is 14.6. The Kier molecular flexibility index (Phi) is 6.48. The number of hydrogen-bond donors (Lipinski definition) is 3. The number of likely N-dealkylation sites (N-methyl/N-ethyl adjacent to an activating group) is 1. The van der Waals surface area contributed by atoms with Crippen LogP contribution >= 0.6 is 0 Å². The van der Waals surface area contributed by atoms with Gasteiger partial charge in [-0.3, -0.25) is 15.1 Å². The summed E-state index contributed by atoms with van der Waals surface area (Å²) in [6.07, 6.45) is 5.14. The fraction of sp³-hybridized carbons (Fsp3) is 0.233. The average Bonchev–Trinajstić information content (AvgIpc) is 3.59. The second-order valence-corrected chi connectivity index (χ2v) is 10.7. The molecule has 0 spiro atoms. The molecule has 0 radical (unpaired) electrons. The smallest absolute Gasteiger partial charge is 0.147 e. The summed E-state index contributed by atoms with van der Waals surface area (Å²) in [6, 6.07) is 12.5. The van der Waals surface area contributed by atoms with Crippen molar-refractivity contribution < 1.29 is 9.13 Å². The highest BCUT2D eigenvalue weighted by atomic mass is 19.1. The number of fused-ring (bicyclic) bond motifs is 2. The molecule has 0 bridgehead atoms. The number of pyridine rings is 2. The quantitative estimate of drug-likeness (QED) is 0.252. The number of ether oxygens (including phenoxy) is 1. The third-order valence-electron chi connectivity index (χ3n) is 7.28. The second-order valence-electron chi connectivity index (χ2n) is 10.7. The Balaban J connectivity index is 1.24. The topological polar surface area (TPSA) is 138 Å². The van der Waals surface area contributed by atoms with Gasteiger partial charge in [0.2, 0.25) is 0 Å². The molecular weight excluding hydrogens is 535 g/mol. The van der Waals surface area contributed by atoms with Crippen molar-refractivity contribution in [2.24, 2.45) is 5.73 Å². The first-order valence-electron chi connectivity index (χ1n) is 13.7. The predicted molar refractivity (Wildman–Crippen MR) is 160 cm³/mol. The monoisotopic (exact) mass is 564 g/mol. The summed E-state index contributed by atoms with van der Waals surface area (Å²) >= 11 is 0. The van der Waals surface area contributed by atoms with Crippen molar-refractivity contribution in [1.82, 2.24) is 40.0 Å². The van der Waals surface area contributed by atoms with Crippen molar-refractivity contribution in [1.29, 1.82) is 0 Å². The van der Waals surface area contributed by atoms with Gasteiger partial charge in [0.05, 0.1) is 35.0 Å². The first-order valence-corrected chi connectivity index (χ1v) is 13.7. The molecular formula is C30H29FN10O. The first-order chi connectivity index (χ1) is 20.4. The van der Waals surface area contributed by atoms with E-state index in [-0.39, 0.29) is 11.9 Å². The largest absolute Gasteiger partial charge is 0.492 e. The molecule has 6 heterocycles. The van der Waals surface area contributed by atoms with Crippen LogP contribution in [0.3, 0.4) is 0 Å². The SMILES string of the molecule is CN(C)CCOc1cc(F)cc(-c2nccc3[nH]c(-c4n[nH]c5ccc(-c6cncc(N7CC(N)C7)n6)nc45)cc23)c1. The van der Waals surface area contributed by atoms with E-state index in [0.717, 1.165) is 47.6 Å². The lowest BCUT2D eigenvalue weighted by molar-refractivity contribution is 0.260. The Morgan fingerprint density at radius 2 is 1.90 bits per heavy atom. The number of aromatic nitrogens is 7. The lowest BCUT2D eigenvalue weighted by atomic mass is 10.1. The molecule has 42 heavy (non-hydrogen) atoms. The van der Waals surface area contributed by atoms with Gasteiger partial charge in [-0.1, -0.05) is 0 Å². The number of nitrogens with zero attached hydrogens (tertiary/aromatic N) is 7. The van der Waals surface area contributed by atoms with Crippen molar-refractivity contribution >= 4 is 27.8 Å². The summed E-state index contributed by atoms with van der Waals surface area (Å²) in [5, 5.41) is 8.47. The van der Waals surface area contributed by atoms with Crippen LogP contribution in [0.4, 0.5) is 10.2 Å². The van der Waals surface area contributed by atoms with Gasteiger partial charge in [-0.05, 0) is 50.5 Å². The molecule has 1 fully saturated rings. The standard InChI is InChI=1S/C30H29FN10O/c1-40(2)7-8-42-20-10-17(9-18(31)11-20)28-21-12-25(35-22(21)5-6-34-28)30-29-24(38-39-30)4-3-23(37-29)26-13-33-14-27(36-26)41-15-19(32)16-41/h3-6,9-14,19,35H,7-8,15-16,32H2,1-2H3,(H,38,39). The van der Waals surface area contributed by atoms with Crippen LogP contribution in [0, 0.1) is 5.82 Å². The van der Waals surface area contributed by atoms with Crippen LogP contribution in [0.2, 0.25) is 0 Å². The molecule has 212 valence electrons. The summed E-state index contributed by atoms with van der Waals surface area (Å²) in [6.45, 7) is 2.69. The Morgan fingerprint density at radius 1 is 1.02 bits per heavy atom. The lowest BCUT2D eigenvalue weighted by Crippen LogP contribution is -2.56. The van der Waals surface area contributed by atoms with Gasteiger partial charge >= 0.3 is 0 Å². The fourth-order valence-electron chi connectivity index (χ4n) is 5.10. The van der Waals surface area contributed by atoms with Gasteiger partial charge in [-0.2, -0.15) is 5.10 Å². The number of rotatable bonds is 8. The lowest BCUT2D eigenvalue weighted by Gasteiger charge is -2.37. The Labute approximate surface area is 240 Å². The summed E-state index contributed by atoms with van der Waals surface area (Å²) < 4.78 is 20.4. The van der Waals surface area contributed by atoms with Crippen LogP contribution in [0.1, 0.15) is 0 Å². The van der Waals surface area contributed by atoms with Crippen molar-refractivity contribution in [2.75, 3.05) is 45.2 Å². The molecule has 12 heteroatoms. The van der Waals surface area contributed by atoms with Gasteiger partial charge in [0.1, 0.15) is 40.9 Å². The van der Waals surface area contributed by atoms with E-state index in [9.17, 15) is 4.39 Å². The van der Waals surface area contributed by atoms with E-state index in [0.29, 0.717) is 46.2 Å². The highest BCUT2D eigenvalue weighted by Gasteiger charge is 2.25. The van der Waals surface area contributed by atoms with Crippen molar-refractivity contribution in [3.8, 4) is 39.8 Å². The third-order valence-corrected chi connectivity index (χ3v) is 7.28. The van der Waals surface area contributed by atoms with Gasteiger partial charge in [-0.15, -0.1) is 0 Å². The average molecular weight is 565 g/mol. The second kappa shape index (κ2) is 10.5. The maximum Gasteiger partial charge on any atom is 0.147 e. The number of benzene rings is 1. The minimum Gasteiger partial charge on any atom is -0.492 e. The van der Waals surface area contributed by atoms with Crippen LogP contribution in [0.25, 0.3) is 56.0 Å². The van der Waals surface area contributed by atoms with E-state index in [2.05, 4.69) is 30.0 Å². The molecule has 1 aromatic carbocycles. The Hall–Kier alpha value is -4.94. The van der Waals surface area contributed by atoms with Gasteiger partial charge in [0, 0.05) is 54.4 Å². The Bertz CT molecular complexity index is 1910. The van der Waals surface area contributed by atoms with Gasteiger partial charge in [0.25, 0.3) is 0 Å². The number of nitrogens with two attached hydrogens (primary N) is 1. The zero-order valence-electron chi connectivity index (χ0n) is 23.2. The summed E-state index contributed by atoms with van der Waals surface area (Å²) in [7, 11) is 3.92. The molecule has 0 aliphatic carbocycles. The van der Waals surface area contributed by atoms with Gasteiger partial charge in [0.15, 0.2) is 0 Å². The van der Waals surface area contributed by atoms with Crippen molar-refractivity contribution in [3.63, 3.8) is 0 Å². The van der Waals surface area contributed by atoms with E-state index in [1.165, 1.54) is 12.1 Å². The number of anilines is 1. The van der Waals surface area contributed by atoms with Crippen molar-refractivity contribution in [3.05, 3.63) is 66.9 Å². The highest BCUT2D eigenvalue weighted by Crippen LogP contribution is 2.34.